The molecule has 2 atom stereocenters. The van der Waals surface area contributed by atoms with Gasteiger partial charge in [-0.15, -0.1) is 11.3 Å². The average molecular weight is 327 g/mol. The number of hydrogen-bond acceptors (Lipinski definition) is 4. The second-order valence-electron chi connectivity index (χ2n) is 5.35. The highest BCUT2D eigenvalue weighted by atomic mass is 32.2. The zero-order chi connectivity index (χ0) is 15.1. The lowest BCUT2D eigenvalue weighted by Gasteiger charge is -2.17. The van der Waals surface area contributed by atoms with E-state index in [-0.39, 0.29) is 0 Å². The Morgan fingerprint density at radius 1 is 1.52 bits per heavy atom. The molecule has 1 saturated carbocycles. The topological polar surface area (TPSA) is 49.3 Å². The number of guanidine groups is 1. The van der Waals surface area contributed by atoms with Crippen molar-refractivity contribution >= 4 is 29.1 Å². The molecular formula is C15H26N4S2. The first kappa shape index (κ1) is 16.6. The molecule has 0 bridgehead atoms. The summed E-state index contributed by atoms with van der Waals surface area (Å²) in [5.41, 5.74) is 0. The summed E-state index contributed by atoms with van der Waals surface area (Å²) in [6.07, 6.45) is 6.73. The van der Waals surface area contributed by atoms with Crippen LogP contribution in [0.5, 0.6) is 0 Å². The zero-order valence-electron chi connectivity index (χ0n) is 13.2. The van der Waals surface area contributed by atoms with Crippen molar-refractivity contribution in [2.75, 3.05) is 19.3 Å². The van der Waals surface area contributed by atoms with Gasteiger partial charge in [0.2, 0.25) is 0 Å². The molecule has 0 radical (unpaired) electrons. The Balaban J connectivity index is 1.69. The van der Waals surface area contributed by atoms with E-state index < -0.39 is 0 Å². The fourth-order valence-electron chi connectivity index (χ4n) is 2.65. The zero-order valence-corrected chi connectivity index (χ0v) is 14.8. The molecule has 2 N–H and O–H groups in total. The van der Waals surface area contributed by atoms with Crippen LogP contribution >= 0.6 is 23.1 Å². The predicted molar refractivity (Wildman–Crippen MR) is 94.6 cm³/mol. The van der Waals surface area contributed by atoms with Crippen LogP contribution < -0.4 is 10.6 Å². The van der Waals surface area contributed by atoms with Gasteiger partial charge in [0.15, 0.2) is 5.96 Å². The Bertz CT molecular complexity index is 458. The maximum absolute atomic E-state index is 4.39. The molecule has 1 aliphatic rings. The quantitative estimate of drug-likeness (QED) is 0.623. The molecule has 0 spiro atoms. The minimum atomic E-state index is 0.572. The number of nitrogens with zero attached hydrogens (tertiary/aromatic N) is 2. The van der Waals surface area contributed by atoms with E-state index in [1.807, 2.05) is 13.2 Å². The van der Waals surface area contributed by atoms with E-state index in [1.54, 1.807) is 11.3 Å². The Kier molecular flexibility index (Phi) is 6.83. The van der Waals surface area contributed by atoms with E-state index >= 15 is 0 Å². The van der Waals surface area contributed by atoms with Gasteiger partial charge in [-0.25, -0.2) is 4.98 Å². The number of hydrogen-bond donors (Lipinski definition) is 2. The minimum absolute atomic E-state index is 0.572. The standard InChI is InChI=1S/C15H26N4S2/c1-4-20-13-6-5-12(9-13)19-15(16-3)17-8-7-14-18-10-11(2)21-14/h10,12-13H,4-9H2,1-3H3,(H2,16,17,19). The van der Waals surface area contributed by atoms with Crippen molar-refractivity contribution in [3.63, 3.8) is 0 Å². The van der Waals surface area contributed by atoms with E-state index in [9.17, 15) is 0 Å². The van der Waals surface area contributed by atoms with Crippen LogP contribution in [0.3, 0.4) is 0 Å². The number of aliphatic imine (C=N–C) groups is 1. The summed E-state index contributed by atoms with van der Waals surface area (Å²) in [4.78, 5) is 9.99. The monoisotopic (exact) mass is 326 g/mol. The average Bonchev–Trinajstić information content (AvgIpc) is 3.07. The first-order chi connectivity index (χ1) is 10.2. The summed E-state index contributed by atoms with van der Waals surface area (Å²) in [6.45, 7) is 5.22. The minimum Gasteiger partial charge on any atom is -0.356 e. The van der Waals surface area contributed by atoms with Crippen molar-refractivity contribution in [3.8, 4) is 0 Å². The molecule has 2 rings (SSSR count). The lowest BCUT2D eigenvalue weighted by atomic mass is 10.2. The van der Waals surface area contributed by atoms with Crippen LogP contribution in [0.25, 0.3) is 0 Å². The van der Waals surface area contributed by atoms with Crippen LogP contribution in [0.4, 0.5) is 0 Å². The van der Waals surface area contributed by atoms with Crippen molar-refractivity contribution in [2.24, 2.45) is 4.99 Å². The number of thioether (sulfide) groups is 1. The van der Waals surface area contributed by atoms with Gasteiger partial charge in [0.25, 0.3) is 0 Å². The SMILES string of the molecule is CCSC1CCC(NC(=NC)NCCc2ncc(C)s2)C1. The molecule has 1 aromatic rings. The van der Waals surface area contributed by atoms with Crippen LogP contribution in [0.1, 0.15) is 36.1 Å². The van der Waals surface area contributed by atoms with Crippen LogP contribution in [0, 0.1) is 6.92 Å². The highest BCUT2D eigenvalue weighted by Crippen LogP contribution is 2.29. The summed E-state index contributed by atoms with van der Waals surface area (Å²) in [5, 5.41) is 8.97. The fourth-order valence-corrected chi connectivity index (χ4v) is 4.58. The first-order valence-corrected chi connectivity index (χ1v) is 9.58. The van der Waals surface area contributed by atoms with Crippen LogP contribution in [0.15, 0.2) is 11.2 Å². The maximum atomic E-state index is 4.39. The van der Waals surface area contributed by atoms with Crippen LogP contribution in [-0.4, -0.2) is 41.6 Å². The second-order valence-corrected chi connectivity index (χ2v) is 8.24. The molecule has 2 unspecified atom stereocenters. The Morgan fingerprint density at radius 3 is 3.05 bits per heavy atom. The Hall–Kier alpha value is -0.750. The highest BCUT2D eigenvalue weighted by Gasteiger charge is 2.24. The van der Waals surface area contributed by atoms with Crippen molar-refractivity contribution in [3.05, 3.63) is 16.1 Å². The second kappa shape index (κ2) is 8.63. The Labute approximate surface area is 136 Å². The molecule has 1 fully saturated rings. The number of aryl methyl sites for hydroxylation is 1. The molecule has 0 aliphatic heterocycles. The molecule has 4 nitrogen and oxygen atoms in total. The number of rotatable bonds is 6. The third-order valence-corrected chi connectivity index (χ3v) is 5.86. The molecule has 1 aliphatic carbocycles. The summed E-state index contributed by atoms with van der Waals surface area (Å²) in [5.74, 6) is 2.15. The van der Waals surface area contributed by atoms with Gasteiger partial charge in [-0.3, -0.25) is 4.99 Å². The molecular weight excluding hydrogens is 300 g/mol. The molecule has 0 aromatic carbocycles. The number of nitrogens with one attached hydrogen (secondary N) is 2. The summed E-state index contributed by atoms with van der Waals surface area (Å²) in [6, 6.07) is 0.572. The van der Waals surface area contributed by atoms with E-state index in [1.165, 1.54) is 34.9 Å². The van der Waals surface area contributed by atoms with Gasteiger partial charge < -0.3 is 10.6 Å². The van der Waals surface area contributed by atoms with Gasteiger partial charge in [0.05, 0.1) is 5.01 Å². The largest absolute Gasteiger partial charge is 0.356 e. The third kappa shape index (κ3) is 5.51. The summed E-state index contributed by atoms with van der Waals surface area (Å²) >= 11 is 3.86. The number of aromatic nitrogens is 1. The predicted octanol–water partition coefficient (Wildman–Crippen LogP) is 2.83. The fraction of sp³-hybridized carbons (Fsp3) is 0.733. The van der Waals surface area contributed by atoms with Crippen LogP contribution in [-0.2, 0) is 6.42 Å². The van der Waals surface area contributed by atoms with Gasteiger partial charge in [-0.1, -0.05) is 6.92 Å². The first-order valence-electron chi connectivity index (χ1n) is 7.71. The van der Waals surface area contributed by atoms with Crippen molar-refractivity contribution in [1.82, 2.24) is 15.6 Å². The lowest BCUT2D eigenvalue weighted by molar-refractivity contribution is 0.614. The van der Waals surface area contributed by atoms with E-state index in [2.05, 4.69) is 46.2 Å². The van der Waals surface area contributed by atoms with Crippen molar-refractivity contribution in [1.29, 1.82) is 0 Å². The van der Waals surface area contributed by atoms with E-state index in [4.69, 9.17) is 0 Å². The summed E-state index contributed by atoms with van der Waals surface area (Å²) in [7, 11) is 1.84. The van der Waals surface area contributed by atoms with Gasteiger partial charge in [0.1, 0.15) is 0 Å². The molecule has 0 amide bonds. The van der Waals surface area contributed by atoms with Crippen molar-refractivity contribution in [2.45, 2.75) is 50.8 Å². The number of thiazole rings is 1. The molecule has 21 heavy (non-hydrogen) atoms. The van der Waals surface area contributed by atoms with Gasteiger partial charge in [-0.2, -0.15) is 11.8 Å². The maximum Gasteiger partial charge on any atom is 0.191 e. The lowest BCUT2D eigenvalue weighted by Crippen LogP contribution is -2.43. The van der Waals surface area contributed by atoms with Gasteiger partial charge >= 0.3 is 0 Å². The Morgan fingerprint density at radius 2 is 2.38 bits per heavy atom. The summed E-state index contributed by atoms with van der Waals surface area (Å²) < 4.78 is 0. The molecule has 1 heterocycles. The van der Waals surface area contributed by atoms with E-state index in [0.717, 1.165) is 24.2 Å². The van der Waals surface area contributed by atoms with Crippen LogP contribution in [0.2, 0.25) is 0 Å². The molecule has 0 saturated heterocycles. The molecule has 6 heteroatoms. The van der Waals surface area contributed by atoms with Crippen molar-refractivity contribution < 1.29 is 0 Å². The molecule has 118 valence electrons. The third-order valence-electron chi connectivity index (χ3n) is 3.65. The van der Waals surface area contributed by atoms with Gasteiger partial charge in [0, 0.05) is 42.4 Å². The normalized spacial score (nSPS) is 22.5. The van der Waals surface area contributed by atoms with E-state index in [0.29, 0.717) is 6.04 Å². The molecule has 1 aromatic heterocycles. The van der Waals surface area contributed by atoms with Gasteiger partial charge in [-0.05, 0) is 31.9 Å². The smallest absolute Gasteiger partial charge is 0.191 e. The highest BCUT2D eigenvalue weighted by molar-refractivity contribution is 7.99.